The Balaban J connectivity index is 2.59. The first kappa shape index (κ1) is 12.9. The van der Waals surface area contributed by atoms with Gasteiger partial charge in [0.15, 0.2) is 0 Å². The Labute approximate surface area is 94.0 Å². The lowest BCUT2D eigenvalue weighted by molar-refractivity contribution is -0.0250. The van der Waals surface area contributed by atoms with Gasteiger partial charge in [0.1, 0.15) is 0 Å². The fraction of sp³-hybridized carbons (Fsp3) is 1.00. The summed E-state index contributed by atoms with van der Waals surface area (Å²) in [5, 5.41) is 0. The Hall–Kier alpha value is -0.120. The van der Waals surface area contributed by atoms with Gasteiger partial charge in [0, 0.05) is 24.7 Å². The SMILES string of the molecule is CC1COCCN1CC(C)(C)C(C)(C)N. The number of hydrogen-bond donors (Lipinski definition) is 1. The van der Waals surface area contributed by atoms with Crippen molar-refractivity contribution in [3.05, 3.63) is 0 Å². The van der Waals surface area contributed by atoms with Crippen molar-refractivity contribution in [3.8, 4) is 0 Å². The first-order valence-corrected chi connectivity index (χ1v) is 5.85. The van der Waals surface area contributed by atoms with Gasteiger partial charge in [-0.05, 0) is 26.2 Å². The summed E-state index contributed by atoms with van der Waals surface area (Å²) < 4.78 is 5.44. The van der Waals surface area contributed by atoms with Crippen LogP contribution >= 0.6 is 0 Å². The molecule has 3 nitrogen and oxygen atoms in total. The molecule has 0 amide bonds. The molecule has 1 fully saturated rings. The lowest BCUT2D eigenvalue weighted by Crippen LogP contribution is -2.56. The minimum Gasteiger partial charge on any atom is -0.379 e. The molecular formula is C12H26N2O. The van der Waals surface area contributed by atoms with E-state index in [4.69, 9.17) is 10.5 Å². The molecule has 0 radical (unpaired) electrons. The maximum Gasteiger partial charge on any atom is 0.0619 e. The van der Waals surface area contributed by atoms with Crippen molar-refractivity contribution in [1.82, 2.24) is 4.90 Å². The highest BCUT2D eigenvalue weighted by Gasteiger charge is 2.36. The van der Waals surface area contributed by atoms with E-state index in [1.54, 1.807) is 0 Å². The van der Waals surface area contributed by atoms with E-state index >= 15 is 0 Å². The van der Waals surface area contributed by atoms with Crippen LogP contribution in [0.15, 0.2) is 0 Å². The molecule has 1 unspecified atom stereocenters. The Morgan fingerprint density at radius 3 is 2.40 bits per heavy atom. The Kier molecular flexibility index (Phi) is 3.80. The summed E-state index contributed by atoms with van der Waals surface area (Å²) in [5.41, 5.74) is 6.19. The molecule has 0 spiro atoms. The van der Waals surface area contributed by atoms with Gasteiger partial charge in [-0.25, -0.2) is 0 Å². The third-order valence-corrected chi connectivity index (χ3v) is 3.85. The Morgan fingerprint density at radius 1 is 1.33 bits per heavy atom. The first-order valence-electron chi connectivity index (χ1n) is 5.85. The quantitative estimate of drug-likeness (QED) is 0.773. The summed E-state index contributed by atoms with van der Waals surface area (Å²) in [6.07, 6.45) is 0. The lowest BCUT2D eigenvalue weighted by Gasteiger charge is -2.45. The number of ether oxygens (including phenoxy) is 1. The van der Waals surface area contributed by atoms with E-state index in [0.29, 0.717) is 6.04 Å². The van der Waals surface area contributed by atoms with Crippen LogP contribution in [-0.4, -0.2) is 42.8 Å². The molecule has 0 aromatic heterocycles. The highest BCUT2D eigenvalue weighted by atomic mass is 16.5. The molecule has 0 bridgehead atoms. The number of hydrogen-bond acceptors (Lipinski definition) is 3. The zero-order valence-electron chi connectivity index (χ0n) is 10.8. The monoisotopic (exact) mass is 214 g/mol. The molecular weight excluding hydrogens is 188 g/mol. The molecule has 1 aliphatic rings. The molecule has 0 aromatic carbocycles. The van der Waals surface area contributed by atoms with Crippen molar-refractivity contribution in [2.75, 3.05) is 26.3 Å². The van der Waals surface area contributed by atoms with Crippen molar-refractivity contribution in [2.45, 2.75) is 46.2 Å². The Morgan fingerprint density at radius 2 is 1.93 bits per heavy atom. The second-order valence-electron chi connectivity index (χ2n) is 6.00. The molecule has 1 saturated heterocycles. The summed E-state index contributed by atoms with van der Waals surface area (Å²) in [6.45, 7) is 14.7. The van der Waals surface area contributed by atoms with Gasteiger partial charge in [0.25, 0.3) is 0 Å². The van der Waals surface area contributed by atoms with Crippen molar-refractivity contribution in [1.29, 1.82) is 0 Å². The van der Waals surface area contributed by atoms with E-state index < -0.39 is 0 Å². The maximum atomic E-state index is 6.22. The van der Waals surface area contributed by atoms with Crippen LogP contribution in [0, 0.1) is 5.41 Å². The van der Waals surface area contributed by atoms with Gasteiger partial charge >= 0.3 is 0 Å². The predicted molar refractivity (Wildman–Crippen MR) is 63.9 cm³/mol. The number of nitrogens with zero attached hydrogens (tertiary/aromatic N) is 1. The van der Waals surface area contributed by atoms with E-state index in [-0.39, 0.29) is 11.0 Å². The van der Waals surface area contributed by atoms with Crippen LogP contribution < -0.4 is 5.73 Å². The molecule has 15 heavy (non-hydrogen) atoms. The highest BCUT2D eigenvalue weighted by molar-refractivity contribution is 4.93. The molecule has 1 heterocycles. The van der Waals surface area contributed by atoms with Crippen LogP contribution in [0.4, 0.5) is 0 Å². The van der Waals surface area contributed by atoms with Gasteiger partial charge in [0.05, 0.1) is 13.2 Å². The van der Waals surface area contributed by atoms with Gasteiger partial charge in [-0.3, -0.25) is 4.90 Å². The highest BCUT2D eigenvalue weighted by Crippen LogP contribution is 2.30. The van der Waals surface area contributed by atoms with Crippen LogP contribution in [0.25, 0.3) is 0 Å². The molecule has 1 atom stereocenters. The molecule has 0 saturated carbocycles. The molecule has 0 aromatic rings. The number of rotatable bonds is 3. The Bertz CT molecular complexity index is 208. The molecule has 2 N–H and O–H groups in total. The average Bonchev–Trinajstić information content (AvgIpc) is 2.06. The van der Waals surface area contributed by atoms with Gasteiger partial charge in [0.2, 0.25) is 0 Å². The molecule has 1 aliphatic heterocycles. The predicted octanol–water partition coefficient (Wildman–Crippen LogP) is 1.47. The molecule has 0 aliphatic carbocycles. The number of morpholine rings is 1. The first-order chi connectivity index (χ1) is 6.74. The van der Waals surface area contributed by atoms with Crippen molar-refractivity contribution >= 4 is 0 Å². The van der Waals surface area contributed by atoms with Gasteiger partial charge in [-0.1, -0.05) is 13.8 Å². The van der Waals surface area contributed by atoms with E-state index in [1.165, 1.54) is 0 Å². The summed E-state index contributed by atoms with van der Waals surface area (Å²) in [6, 6.07) is 0.514. The fourth-order valence-corrected chi connectivity index (χ4v) is 1.71. The van der Waals surface area contributed by atoms with Gasteiger partial charge in [-0.15, -0.1) is 0 Å². The normalized spacial score (nSPS) is 25.6. The van der Waals surface area contributed by atoms with Crippen LogP contribution in [0.5, 0.6) is 0 Å². The van der Waals surface area contributed by atoms with E-state index in [0.717, 1.165) is 26.3 Å². The van der Waals surface area contributed by atoms with Crippen LogP contribution in [-0.2, 0) is 4.74 Å². The van der Waals surface area contributed by atoms with Crippen LogP contribution in [0.2, 0.25) is 0 Å². The van der Waals surface area contributed by atoms with Crippen LogP contribution in [0.1, 0.15) is 34.6 Å². The zero-order valence-corrected chi connectivity index (χ0v) is 10.8. The van der Waals surface area contributed by atoms with Crippen molar-refractivity contribution in [2.24, 2.45) is 11.1 Å². The topological polar surface area (TPSA) is 38.5 Å². The zero-order chi connectivity index (χ0) is 11.7. The average molecular weight is 214 g/mol. The van der Waals surface area contributed by atoms with E-state index in [1.807, 2.05) is 0 Å². The largest absolute Gasteiger partial charge is 0.379 e. The summed E-state index contributed by atoms with van der Waals surface area (Å²) in [4.78, 5) is 2.48. The summed E-state index contributed by atoms with van der Waals surface area (Å²) >= 11 is 0. The lowest BCUT2D eigenvalue weighted by atomic mass is 9.74. The second kappa shape index (κ2) is 4.40. The fourth-order valence-electron chi connectivity index (χ4n) is 1.71. The van der Waals surface area contributed by atoms with E-state index in [2.05, 4.69) is 39.5 Å². The van der Waals surface area contributed by atoms with Gasteiger partial charge < -0.3 is 10.5 Å². The standard InChI is InChI=1S/C12H26N2O/c1-10-8-15-7-6-14(10)9-11(2,3)12(4,5)13/h10H,6-9,13H2,1-5H3. The number of nitrogens with two attached hydrogens (primary N) is 1. The molecule has 1 rings (SSSR count). The van der Waals surface area contributed by atoms with Crippen molar-refractivity contribution in [3.63, 3.8) is 0 Å². The summed E-state index contributed by atoms with van der Waals surface area (Å²) in [5.74, 6) is 0. The summed E-state index contributed by atoms with van der Waals surface area (Å²) in [7, 11) is 0. The second-order valence-corrected chi connectivity index (χ2v) is 6.00. The van der Waals surface area contributed by atoms with Gasteiger partial charge in [-0.2, -0.15) is 0 Å². The van der Waals surface area contributed by atoms with E-state index in [9.17, 15) is 0 Å². The van der Waals surface area contributed by atoms with Crippen LogP contribution in [0.3, 0.4) is 0 Å². The van der Waals surface area contributed by atoms with Crippen molar-refractivity contribution < 1.29 is 4.74 Å². The minimum absolute atomic E-state index is 0.124. The third kappa shape index (κ3) is 3.16. The third-order valence-electron chi connectivity index (χ3n) is 3.85. The molecule has 3 heteroatoms. The molecule has 90 valence electrons. The smallest absolute Gasteiger partial charge is 0.0619 e. The maximum absolute atomic E-state index is 6.22. The minimum atomic E-state index is -0.148.